The molecule has 1 aliphatic heterocycles. The summed E-state index contributed by atoms with van der Waals surface area (Å²) < 4.78 is 5.73. The van der Waals surface area contributed by atoms with Crippen molar-refractivity contribution in [2.75, 3.05) is 13.2 Å². The standard InChI is InChI=1S/C14H18O2/c1-3-4-13(2)12(15)10-9-5-8-6-16-7-14(8,13)11(9)10/h3,8-11H,1,4-7H2,2H3/t8-,9?,10?,11+,13+,14+/m1/s1. The van der Waals surface area contributed by atoms with Crippen molar-refractivity contribution in [1.29, 1.82) is 0 Å². The van der Waals surface area contributed by atoms with Gasteiger partial charge < -0.3 is 4.74 Å². The lowest BCUT2D eigenvalue weighted by atomic mass is 9.60. The maximum Gasteiger partial charge on any atom is 0.143 e. The molecule has 0 N–H and O–H groups in total. The van der Waals surface area contributed by atoms with Crippen molar-refractivity contribution >= 4 is 5.78 Å². The van der Waals surface area contributed by atoms with E-state index in [0.29, 0.717) is 23.5 Å². The Kier molecular flexibility index (Phi) is 1.44. The highest BCUT2D eigenvalue weighted by molar-refractivity contribution is 5.95. The molecule has 0 amide bonds. The third-order valence-electron chi connectivity index (χ3n) is 6.13. The Bertz CT molecular complexity index is 402. The van der Waals surface area contributed by atoms with Crippen molar-refractivity contribution in [3.05, 3.63) is 12.7 Å². The topological polar surface area (TPSA) is 26.3 Å². The number of hydrogen-bond donors (Lipinski definition) is 0. The fraction of sp³-hybridized carbons (Fsp3) is 0.786. The first-order chi connectivity index (χ1) is 7.67. The number of carbonyl (C=O) groups is 1. The highest BCUT2D eigenvalue weighted by atomic mass is 16.5. The van der Waals surface area contributed by atoms with Gasteiger partial charge in [-0.25, -0.2) is 0 Å². The summed E-state index contributed by atoms with van der Waals surface area (Å²) in [4.78, 5) is 12.6. The highest BCUT2D eigenvalue weighted by Crippen LogP contribution is 2.82. The van der Waals surface area contributed by atoms with Crippen LogP contribution in [0.2, 0.25) is 0 Å². The molecule has 6 atom stereocenters. The van der Waals surface area contributed by atoms with E-state index in [1.807, 2.05) is 6.08 Å². The molecule has 0 aromatic carbocycles. The van der Waals surface area contributed by atoms with E-state index < -0.39 is 0 Å². The van der Waals surface area contributed by atoms with Crippen molar-refractivity contribution in [2.45, 2.75) is 19.8 Å². The molecule has 0 aromatic rings. The fourth-order valence-corrected chi connectivity index (χ4v) is 5.49. The summed E-state index contributed by atoms with van der Waals surface area (Å²) in [6, 6.07) is 0. The van der Waals surface area contributed by atoms with E-state index in [0.717, 1.165) is 25.6 Å². The number of allylic oxidation sites excluding steroid dienone is 1. The Balaban J connectivity index is 1.88. The predicted molar refractivity (Wildman–Crippen MR) is 59.8 cm³/mol. The van der Waals surface area contributed by atoms with Crippen LogP contribution >= 0.6 is 0 Å². The van der Waals surface area contributed by atoms with Gasteiger partial charge >= 0.3 is 0 Å². The molecule has 2 unspecified atom stereocenters. The predicted octanol–water partition coefficient (Wildman–Crippen LogP) is 2.05. The molecule has 2 nitrogen and oxygen atoms in total. The van der Waals surface area contributed by atoms with Gasteiger partial charge in [0, 0.05) is 16.7 Å². The minimum Gasteiger partial charge on any atom is -0.381 e. The van der Waals surface area contributed by atoms with E-state index in [9.17, 15) is 4.79 Å². The van der Waals surface area contributed by atoms with Crippen LogP contribution in [0.3, 0.4) is 0 Å². The zero-order valence-corrected chi connectivity index (χ0v) is 9.74. The van der Waals surface area contributed by atoms with Gasteiger partial charge in [0.2, 0.25) is 0 Å². The fourth-order valence-electron chi connectivity index (χ4n) is 5.49. The average molecular weight is 218 g/mol. The Morgan fingerprint density at radius 3 is 3.19 bits per heavy atom. The molecular formula is C14H18O2. The number of fused-ring (bicyclic) bond motifs is 1. The first-order valence-corrected chi connectivity index (χ1v) is 6.40. The number of hydrogen-bond acceptors (Lipinski definition) is 2. The molecule has 2 heteroatoms. The molecule has 0 radical (unpaired) electrons. The van der Waals surface area contributed by atoms with E-state index in [1.54, 1.807) is 0 Å². The minimum absolute atomic E-state index is 0.168. The minimum atomic E-state index is -0.168. The summed E-state index contributed by atoms with van der Waals surface area (Å²) in [5, 5.41) is 0. The van der Waals surface area contributed by atoms with E-state index in [2.05, 4.69) is 13.5 Å². The van der Waals surface area contributed by atoms with Crippen LogP contribution in [0.25, 0.3) is 0 Å². The van der Waals surface area contributed by atoms with Crippen molar-refractivity contribution in [3.8, 4) is 0 Å². The third-order valence-corrected chi connectivity index (χ3v) is 6.13. The summed E-state index contributed by atoms with van der Waals surface area (Å²) in [6.07, 6.45) is 4.01. The molecule has 0 aromatic heterocycles. The number of ether oxygens (including phenoxy) is 1. The van der Waals surface area contributed by atoms with E-state index >= 15 is 0 Å². The summed E-state index contributed by atoms with van der Waals surface area (Å²) in [6.45, 7) is 7.73. The molecule has 1 heterocycles. The Morgan fingerprint density at radius 2 is 2.44 bits per heavy atom. The molecule has 1 spiro atoms. The van der Waals surface area contributed by atoms with Gasteiger partial charge in [-0.3, -0.25) is 4.79 Å². The number of Topliss-reactive ketones (excluding diaryl/α,β-unsaturated/α-hetero) is 1. The third kappa shape index (κ3) is 0.667. The van der Waals surface area contributed by atoms with E-state index in [-0.39, 0.29) is 10.8 Å². The quantitative estimate of drug-likeness (QED) is 0.663. The molecule has 16 heavy (non-hydrogen) atoms. The van der Waals surface area contributed by atoms with Crippen LogP contribution in [-0.2, 0) is 9.53 Å². The van der Waals surface area contributed by atoms with Crippen LogP contribution in [0, 0.1) is 34.5 Å². The molecule has 0 bridgehead atoms. The van der Waals surface area contributed by atoms with Crippen LogP contribution in [-0.4, -0.2) is 19.0 Å². The van der Waals surface area contributed by atoms with Crippen molar-refractivity contribution in [2.24, 2.45) is 34.5 Å². The number of rotatable bonds is 2. The van der Waals surface area contributed by atoms with Gasteiger partial charge in [-0.1, -0.05) is 13.0 Å². The van der Waals surface area contributed by atoms with Crippen LogP contribution in [0.15, 0.2) is 12.7 Å². The second-order valence-electron chi connectivity index (χ2n) is 6.39. The summed E-state index contributed by atoms with van der Waals surface area (Å²) in [7, 11) is 0. The van der Waals surface area contributed by atoms with Crippen molar-refractivity contribution in [3.63, 3.8) is 0 Å². The van der Waals surface area contributed by atoms with Crippen LogP contribution < -0.4 is 0 Å². The van der Waals surface area contributed by atoms with Gasteiger partial charge in [0.05, 0.1) is 13.2 Å². The number of carbonyl (C=O) groups excluding carboxylic acids is 1. The summed E-state index contributed by atoms with van der Waals surface area (Å²) in [5.41, 5.74) is 0.0197. The van der Waals surface area contributed by atoms with Gasteiger partial charge in [-0.15, -0.1) is 6.58 Å². The zero-order chi connectivity index (χ0) is 11.1. The second-order valence-corrected chi connectivity index (χ2v) is 6.39. The SMILES string of the molecule is C=CC[C@@]1(C)C(=O)C2C3C[C@@H]4COC[C@@]41[C@@H]32. The largest absolute Gasteiger partial charge is 0.381 e. The van der Waals surface area contributed by atoms with Crippen molar-refractivity contribution < 1.29 is 9.53 Å². The Labute approximate surface area is 96.0 Å². The van der Waals surface area contributed by atoms with E-state index in [1.165, 1.54) is 6.42 Å². The van der Waals surface area contributed by atoms with Gasteiger partial charge in [0.25, 0.3) is 0 Å². The summed E-state index contributed by atoms with van der Waals surface area (Å²) >= 11 is 0. The average Bonchev–Trinajstić information content (AvgIpc) is 2.60. The van der Waals surface area contributed by atoms with Crippen LogP contribution in [0.4, 0.5) is 0 Å². The highest BCUT2D eigenvalue weighted by Gasteiger charge is 2.84. The van der Waals surface area contributed by atoms with E-state index in [4.69, 9.17) is 4.74 Å². The lowest BCUT2D eigenvalue weighted by Crippen LogP contribution is -2.45. The normalized spacial score (nSPS) is 60.9. The Morgan fingerprint density at radius 1 is 1.62 bits per heavy atom. The van der Waals surface area contributed by atoms with Gasteiger partial charge in [0.1, 0.15) is 5.78 Å². The van der Waals surface area contributed by atoms with Crippen LogP contribution in [0.5, 0.6) is 0 Å². The van der Waals surface area contributed by atoms with Gasteiger partial charge in [-0.05, 0) is 30.6 Å². The molecule has 4 rings (SSSR count). The molecule has 4 fully saturated rings. The molecule has 1 saturated heterocycles. The maximum absolute atomic E-state index is 12.6. The molecule has 3 aliphatic carbocycles. The van der Waals surface area contributed by atoms with Crippen molar-refractivity contribution in [1.82, 2.24) is 0 Å². The first-order valence-electron chi connectivity index (χ1n) is 6.40. The Hall–Kier alpha value is -0.630. The van der Waals surface area contributed by atoms with Gasteiger partial charge in [0.15, 0.2) is 0 Å². The smallest absolute Gasteiger partial charge is 0.143 e. The van der Waals surface area contributed by atoms with Crippen LogP contribution in [0.1, 0.15) is 19.8 Å². The maximum atomic E-state index is 12.6. The monoisotopic (exact) mass is 218 g/mol. The zero-order valence-electron chi connectivity index (χ0n) is 9.74. The molecule has 4 aliphatic rings. The summed E-state index contributed by atoms with van der Waals surface area (Å²) in [5.74, 6) is 2.95. The number of ketones is 1. The lowest BCUT2D eigenvalue weighted by molar-refractivity contribution is -0.132. The molecule has 3 saturated carbocycles. The molecular weight excluding hydrogens is 200 g/mol. The first kappa shape index (κ1) is 9.41. The second kappa shape index (κ2) is 2.45. The van der Waals surface area contributed by atoms with Gasteiger partial charge in [-0.2, -0.15) is 0 Å². The lowest BCUT2D eigenvalue weighted by Gasteiger charge is -2.41. The molecule has 86 valence electrons.